The second kappa shape index (κ2) is 5.85. The van der Waals surface area contributed by atoms with Crippen molar-refractivity contribution in [3.05, 3.63) is 76.2 Å². The zero-order chi connectivity index (χ0) is 15.5. The molecule has 0 atom stereocenters. The maximum absolute atomic E-state index is 13.4. The van der Waals surface area contributed by atoms with Crippen LogP contribution in [0.3, 0.4) is 0 Å². The highest BCUT2D eigenvalue weighted by Gasteiger charge is 2.13. The minimum Gasteiger partial charge on any atom is -0.496 e. The molecule has 0 aliphatic rings. The lowest BCUT2D eigenvalue weighted by Gasteiger charge is -2.09. The Balaban J connectivity index is 2.05. The summed E-state index contributed by atoms with van der Waals surface area (Å²) >= 11 is 0. The molecule has 2 aromatic carbocycles. The molecule has 0 saturated carbocycles. The van der Waals surface area contributed by atoms with Crippen molar-refractivity contribution >= 4 is 0 Å². The van der Waals surface area contributed by atoms with Gasteiger partial charge >= 0.3 is 5.69 Å². The van der Waals surface area contributed by atoms with Gasteiger partial charge in [0.1, 0.15) is 17.4 Å². The molecule has 1 heterocycles. The van der Waals surface area contributed by atoms with Crippen molar-refractivity contribution in [2.75, 3.05) is 7.11 Å². The van der Waals surface area contributed by atoms with Crippen LogP contribution in [0.4, 0.5) is 4.39 Å². The molecule has 0 bridgehead atoms. The summed E-state index contributed by atoms with van der Waals surface area (Å²) < 4.78 is 20.1. The number of halogens is 1. The van der Waals surface area contributed by atoms with E-state index in [2.05, 4.69) is 10.2 Å². The average Bonchev–Trinajstić information content (AvgIpc) is 2.88. The van der Waals surface area contributed by atoms with Gasteiger partial charge in [-0.05, 0) is 24.3 Å². The number of nitrogens with zero attached hydrogens (tertiary/aromatic N) is 2. The standard InChI is InChI=1S/C16H14FN3O2/c1-22-14-8-3-2-5-11(14)9-15-18-19-16(21)20(15)13-7-4-6-12(17)10-13/h2-8,10H,9H2,1H3,(H,19,21). The minimum absolute atomic E-state index is 0.388. The van der Waals surface area contributed by atoms with E-state index in [4.69, 9.17) is 4.74 Å². The van der Waals surface area contributed by atoms with Gasteiger partial charge in [-0.1, -0.05) is 24.3 Å². The zero-order valence-electron chi connectivity index (χ0n) is 11.9. The Kier molecular flexibility index (Phi) is 3.74. The predicted octanol–water partition coefficient (Wildman–Crippen LogP) is 2.30. The lowest BCUT2D eigenvalue weighted by molar-refractivity contribution is 0.410. The summed E-state index contributed by atoms with van der Waals surface area (Å²) in [5.41, 5.74) is 0.917. The topological polar surface area (TPSA) is 59.9 Å². The van der Waals surface area contributed by atoms with Gasteiger partial charge in [0.05, 0.1) is 12.8 Å². The number of nitrogens with one attached hydrogen (secondary N) is 1. The first-order valence-corrected chi connectivity index (χ1v) is 6.73. The molecule has 112 valence electrons. The fourth-order valence-corrected chi connectivity index (χ4v) is 2.35. The maximum Gasteiger partial charge on any atom is 0.347 e. The van der Waals surface area contributed by atoms with Gasteiger partial charge in [-0.3, -0.25) is 0 Å². The number of H-pyrrole nitrogens is 1. The minimum atomic E-state index is -0.408. The SMILES string of the molecule is COc1ccccc1Cc1n[nH]c(=O)n1-c1cccc(F)c1. The third-order valence-electron chi connectivity index (χ3n) is 3.35. The van der Waals surface area contributed by atoms with Crippen LogP contribution in [0, 0.1) is 5.82 Å². The largest absolute Gasteiger partial charge is 0.496 e. The van der Waals surface area contributed by atoms with Gasteiger partial charge in [-0.2, -0.15) is 5.10 Å². The molecule has 22 heavy (non-hydrogen) atoms. The number of hydrogen-bond donors (Lipinski definition) is 1. The molecule has 3 aromatic rings. The summed E-state index contributed by atoms with van der Waals surface area (Å²) in [5.74, 6) is 0.790. The number of benzene rings is 2. The number of para-hydroxylation sites is 1. The molecule has 1 aromatic heterocycles. The number of aromatic nitrogens is 3. The predicted molar refractivity (Wildman–Crippen MR) is 79.9 cm³/mol. The Labute approximate surface area is 126 Å². The van der Waals surface area contributed by atoms with E-state index in [0.29, 0.717) is 23.7 Å². The van der Waals surface area contributed by atoms with Crippen LogP contribution in [0.2, 0.25) is 0 Å². The molecule has 0 radical (unpaired) electrons. The van der Waals surface area contributed by atoms with Crippen LogP contribution >= 0.6 is 0 Å². The van der Waals surface area contributed by atoms with Crippen molar-refractivity contribution in [1.29, 1.82) is 0 Å². The molecule has 0 aliphatic heterocycles. The smallest absolute Gasteiger partial charge is 0.347 e. The van der Waals surface area contributed by atoms with Crippen LogP contribution in [0.15, 0.2) is 53.3 Å². The number of methoxy groups -OCH3 is 1. The van der Waals surface area contributed by atoms with Gasteiger partial charge in [0.25, 0.3) is 0 Å². The molecule has 0 spiro atoms. The van der Waals surface area contributed by atoms with Gasteiger partial charge in [0, 0.05) is 12.0 Å². The first-order valence-electron chi connectivity index (χ1n) is 6.73. The fourth-order valence-electron chi connectivity index (χ4n) is 2.35. The number of hydrogen-bond acceptors (Lipinski definition) is 3. The first kappa shape index (κ1) is 14.1. The second-order valence-electron chi connectivity index (χ2n) is 4.75. The Morgan fingerprint density at radius 1 is 1.23 bits per heavy atom. The quantitative estimate of drug-likeness (QED) is 0.804. The monoisotopic (exact) mass is 299 g/mol. The number of aromatic amines is 1. The fraction of sp³-hybridized carbons (Fsp3) is 0.125. The summed E-state index contributed by atoms with van der Waals surface area (Å²) in [6, 6.07) is 13.3. The molecule has 0 unspecified atom stereocenters. The summed E-state index contributed by atoms with van der Waals surface area (Å²) in [5, 5.41) is 6.45. The Morgan fingerprint density at radius 3 is 2.82 bits per heavy atom. The second-order valence-corrected chi connectivity index (χ2v) is 4.75. The van der Waals surface area contributed by atoms with Gasteiger partial charge in [0.15, 0.2) is 0 Å². The molecule has 3 rings (SSSR count). The van der Waals surface area contributed by atoms with Gasteiger partial charge in [0.2, 0.25) is 0 Å². The highest BCUT2D eigenvalue weighted by molar-refractivity contribution is 5.38. The van der Waals surface area contributed by atoms with E-state index in [9.17, 15) is 9.18 Å². The van der Waals surface area contributed by atoms with Crippen LogP contribution in [-0.4, -0.2) is 21.9 Å². The first-order chi connectivity index (χ1) is 10.7. The Bertz CT molecular complexity index is 854. The zero-order valence-corrected chi connectivity index (χ0v) is 11.9. The molecule has 1 N–H and O–H groups in total. The van der Waals surface area contributed by atoms with Crippen LogP contribution in [0.5, 0.6) is 5.75 Å². The van der Waals surface area contributed by atoms with Crippen molar-refractivity contribution < 1.29 is 9.13 Å². The maximum atomic E-state index is 13.4. The molecule has 6 heteroatoms. The summed E-state index contributed by atoms with van der Waals surface area (Å²) in [4.78, 5) is 12.0. The van der Waals surface area contributed by atoms with Crippen LogP contribution < -0.4 is 10.4 Å². The third-order valence-corrected chi connectivity index (χ3v) is 3.35. The van der Waals surface area contributed by atoms with Gasteiger partial charge in [-0.25, -0.2) is 18.9 Å². The van der Waals surface area contributed by atoms with Gasteiger partial charge in [-0.15, -0.1) is 0 Å². The third kappa shape index (κ3) is 2.63. The van der Waals surface area contributed by atoms with E-state index in [1.54, 1.807) is 19.2 Å². The lowest BCUT2D eigenvalue weighted by atomic mass is 10.1. The van der Waals surface area contributed by atoms with E-state index >= 15 is 0 Å². The van der Waals surface area contributed by atoms with Crippen molar-refractivity contribution in [3.8, 4) is 11.4 Å². The summed E-state index contributed by atoms with van der Waals surface area (Å²) in [7, 11) is 1.59. The van der Waals surface area contributed by atoms with Crippen LogP contribution in [-0.2, 0) is 6.42 Å². The van der Waals surface area contributed by atoms with Crippen LogP contribution in [0.1, 0.15) is 11.4 Å². The summed E-state index contributed by atoms with van der Waals surface area (Å²) in [6.45, 7) is 0. The van der Waals surface area contributed by atoms with Gasteiger partial charge < -0.3 is 4.74 Å². The molecular formula is C16H14FN3O2. The molecular weight excluding hydrogens is 285 g/mol. The Morgan fingerprint density at radius 2 is 2.05 bits per heavy atom. The number of rotatable bonds is 4. The molecule has 0 saturated heterocycles. The summed E-state index contributed by atoms with van der Waals surface area (Å²) in [6.07, 6.45) is 0.388. The Hall–Kier alpha value is -2.89. The van der Waals surface area contributed by atoms with Crippen molar-refractivity contribution in [1.82, 2.24) is 14.8 Å². The molecule has 5 nitrogen and oxygen atoms in total. The molecule has 0 amide bonds. The van der Waals surface area contributed by atoms with E-state index < -0.39 is 11.5 Å². The van der Waals surface area contributed by atoms with E-state index in [1.807, 2.05) is 24.3 Å². The normalized spacial score (nSPS) is 10.6. The van der Waals surface area contributed by atoms with E-state index in [-0.39, 0.29) is 0 Å². The lowest BCUT2D eigenvalue weighted by Crippen LogP contribution is -2.17. The van der Waals surface area contributed by atoms with Crippen molar-refractivity contribution in [2.45, 2.75) is 6.42 Å². The number of ether oxygens (including phenoxy) is 1. The van der Waals surface area contributed by atoms with Crippen molar-refractivity contribution in [3.63, 3.8) is 0 Å². The highest BCUT2D eigenvalue weighted by atomic mass is 19.1. The highest BCUT2D eigenvalue weighted by Crippen LogP contribution is 2.20. The van der Waals surface area contributed by atoms with Crippen molar-refractivity contribution in [2.24, 2.45) is 0 Å². The van der Waals surface area contributed by atoms with E-state index in [1.165, 1.54) is 16.7 Å². The molecule has 0 aliphatic carbocycles. The average molecular weight is 299 g/mol. The van der Waals surface area contributed by atoms with Crippen LogP contribution in [0.25, 0.3) is 5.69 Å². The van der Waals surface area contributed by atoms with E-state index in [0.717, 1.165) is 5.56 Å². The molecule has 0 fully saturated rings.